The molecule has 0 aromatic carbocycles. The average Bonchev–Trinajstić information content (AvgIpc) is 1.38. The van der Waals surface area contributed by atoms with E-state index >= 15 is 0 Å². The molecule has 0 heterocycles. The summed E-state index contributed by atoms with van der Waals surface area (Å²) in [5.74, 6) is 5.23. The fourth-order valence-electron chi connectivity index (χ4n) is 0. The van der Waals surface area contributed by atoms with Crippen molar-refractivity contribution in [2.45, 2.75) is 6.92 Å². The maximum absolute atomic E-state index is 9.40. The first kappa shape index (κ1) is 4.43. The van der Waals surface area contributed by atoms with Crippen LogP contribution in [-0.4, -0.2) is 5.97 Å². The number of nitrogens with one attached hydrogen (secondary N) is 1. The van der Waals surface area contributed by atoms with Crippen molar-refractivity contribution in [3.8, 4) is 0 Å². The largest absolute Gasteiger partial charge is 0.564 e. The lowest BCUT2D eigenvalue weighted by molar-refractivity contribution is -0.135. The Balaban J connectivity index is 2.85. The van der Waals surface area contributed by atoms with E-state index < -0.39 is 5.97 Å². The summed E-state index contributed by atoms with van der Waals surface area (Å²) in [6.45, 7) is 1.17. The van der Waals surface area contributed by atoms with Crippen LogP contribution in [0, 0.1) is 0 Å². The Morgan fingerprint density at radius 2 is 2.20 bits per heavy atom. The molecular weight excluding hydrogens is 70.0 g/mol. The van der Waals surface area contributed by atoms with Crippen molar-refractivity contribution >= 4 is 5.97 Å². The van der Waals surface area contributed by atoms with Crippen molar-refractivity contribution in [3.63, 3.8) is 0 Å². The highest BCUT2D eigenvalue weighted by atomic mass is 16.7. The molecule has 3 heteroatoms. The number of rotatable bonds is 0. The minimum atomic E-state index is -0.579. The van der Waals surface area contributed by atoms with E-state index in [1.807, 2.05) is 0 Å². The van der Waals surface area contributed by atoms with Crippen molar-refractivity contribution in [2.24, 2.45) is 0 Å². The van der Waals surface area contributed by atoms with Crippen LogP contribution in [0.1, 0.15) is 6.92 Å². The summed E-state index contributed by atoms with van der Waals surface area (Å²) in [6, 6.07) is 0. The van der Waals surface area contributed by atoms with Gasteiger partial charge in [-0.25, -0.2) is 0 Å². The summed E-state index contributed by atoms with van der Waals surface area (Å²) in [4.78, 5) is 12.8. The summed E-state index contributed by atoms with van der Waals surface area (Å²) in [5.41, 5.74) is 0. The molecule has 5 heavy (non-hydrogen) atoms. The SMILES string of the molecule is CC(=O)O[NH-]. The zero-order valence-corrected chi connectivity index (χ0v) is 2.82. The Kier molecular flexibility index (Phi) is 1.53. The van der Waals surface area contributed by atoms with E-state index in [-0.39, 0.29) is 0 Å². The van der Waals surface area contributed by atoms with Gasteiger partial charge < -0.3 is 10.7 Å². The second-order valence-electron chi connectivity index (χ2n) is 0.594. The molecule has 0 aromatic heterocycles. The van der Waals surface area contributed by atoms with Crippen LogP contribution in [0.25, 0.3) is 5.90 Å². The van der Waals surface area contributed by atoms with Crippen LogP contribution in [0.3, 0.4) is 0 Å². The Bertz CT molecular complexity index is 42.9. The molecule has 0 unspecified atom stereocenters. The summed E-state index contributed by atoms with van der Waals surface area (Å²) in [5, 5.41) is 0. The molecule has 0 atom stereocenters. The molecule has 0 rings (SSSR count). The van der Waals surface area contributed by atoms with Crippen molar-refractivity contribution in [1.82, 2.24) is 0 Å². The van der Waals surface area contributed by atoms with Crippen LogP contribution < -0.4 is 0 Å². The maximum Gasteiger partial charge on any atom is 0.287 e. The van der Waals surface area contributed by atoms with Crippen LogP contribution in [-0.2, 0) is 9.63 Å². The number of hydrogen-bond donors (Lipinski definition) is 0. The molecule has 0 aliphatic rings. The van der Waals surface area contributed by atoms with Gasteiger partial charge >= 0.3 is 0 Å². The van der Waals surface area contributed by atoms with Gasteiger partial charge in [0.25, 0.3) is 5.97 Å². The lowest BCUT2D eigenvalue weighted by Crippen LogP contribution is -1.84. The van der Waals surface area contributed by atoms with Crippen LogP contribution in [0.15, 0.2) is 0 Å². The van der Waals surface area contributed by atoms with Crippen molar-refractivity contribution in [3.05, 3.63) is 5.90 Å². The first-order valence-electron chi connectivity index (χ1n) is 1.11. The Morgan fingerprint density at radius 1 is 2.00 bits per heavy atom. The van der Waals surface area contributed by atoms with E-state index in [2.05, 4.69) is 4.84 Å². The fraction of sp³-hybridized carbons (Fsp3) is 0.500. The fourth-order valence-corrected chi connectivity index (χ4v) is 0. The molecular formula is C2H4NO2-. The first-order valence-corrected chi connectivity index (χ1v) is 1.11. The minimum absolute atomic E-state index is 0.579. The van der Waals surface area contributed by atoms with E-state index in [1.165, 1.54) is 6.92 Å². The molecule has 0 bridgehead atoms. The third-order valence-electron chi connectivity index (χ3n) is 0.144. The lowest BCUT2D eigenvalue weighted by Gasteiger charge is -1.95. The van der Waals surface area contributed by atoms with Crippen LogP contribution in [0.4, 0.5) is 0 Å². The standard InChI is InChI=1S/C2H4NO2/c1-2(4)5-3/h3H,1H3/q-1. The summed E-state index contributed by atoms with van der Waals surface area (Å²) in [6.07, 6.45) is 0. The Hall–Kier alpha value is -0.570. The van der Waals surface area contributed by atoms with E-state index in [0.717, 1.165) is 0 Å². The first-order chi connectivity index (χ1) is 2.27. The third kappa shape index (κ3) is 3.43. The quantitative estimate of drug-likeness (QED) is 0.393. The highest BCUT2D eigenvalue weighted by Gasteiger charge is 1.70. The van der Waals surface area contributed by atoms with Gasteiger partial charge in [-0.05, 0) is 0 Å². The van der Waals surface area contributed by atoms with Gasteiger partial charge in [-0.15, -0.1) is 0 Å². The number of hydrogen-bond acceptors (Lipinski definition) is 2. The molecule has 1 N–H and O–H groups in total. The van der Waals surface area contributed by atoms with Crippen LogP contribution >= 0.6 is 0 Å². The summed E-state index contributed by atoms with van der Waals surface area (Å²) < 4.78 is 0. The predicted octanol–water partition coefficient (Wildman–Crippen LogP) is 0.517. The molecule has 0 amide bonds. The van der Waals surface area contributed by atoms with E-state index in [4.69, 9.17) is 5.90 Å². The third-order valence-corrected chi connectivity index (χ3v) is 0.144. The minimum Gasteiger partial charge on any atom is -0.564 e. The molecule has 3 nitrogen and oxygen atoms in total. The smallest absolute Gasteiger partial charge is 0.287 e. The Labute approximate surface area is 29.7 Å². The highest BCUT2D eigenvalue weighted by molar-refractivity contribution is 5.66. The monoisotopic (exact) mass is 74.0 g/mol. The van der Waals surface area contributed by atoms with Gasteiger partial charge in [0.15, 0.2) is 0 Å². The molecule has 0 aromatic rings. The van der Waals surface area contributed by atoms with Crippen molar-refractivity contribution < 1.29 is 9.63 Å². The molecule has 0 spiro atoms. The van der Waals surface area contributed by atoms with Gasteiger partial charge in [0.1, 0.15) is 0 Å². The number of carbonyl (C=O) groups is 1. The van der Waals surface area contributed by atoms with Crippen molar-refractivity contribution in [1.29, 1.82) is 0 Å². The second kappa shape index (κ2) is 1.72. The van der Waals surface area contributed by atoms with Crippen LogP contribution in [0.5, 0.6) is 0 Å². The van der Waals surface area contributed by atoms with Gasteiger partial charge in [0.2, 0.25) is 0 Å². The summed E-state index contributed by atoms with van der Waals surface area (Å²) in [7, 11) is 0. The lowest BCUT2D eigenvalue weighted by atomic mass is 10.8. The molecule has 0 aliphatic heterocycles. The molecule has 0 aliphatic carbocycles. The van der Waals surface area contributed by atoms with E-state index in [0.29, 0.717) is 0 Å². The van der Waals surface area contributed by atoms with Gasteiger partial charge in [0.05, 0.1) is 0 Å². The van der Waals surface area contributed by atoms with E-state index in [9.17, 15) is 4.79 Å². The zero-order chi connectivity index (χ0) is 4.28. The van der Waals surface area contributed by atoms with E-state index in [1.54, 1.807) is 0 Å². The van der Waals surface area contributed by atoms with Gasteiger partial charge in [-0.1, -0.05) is 0 Å². The second-order valence-corrected chi connectivity index (χ2v) is 0.594. The predicted molar refractivity (Wildman–Crippen MR) is 16.1 cm³/mol. The van der Waals surface area contributed by atoms with Crippen molar-refractivity contribution in [2.75, 3.05) is 0 Å². The zero-order valence-electron chi connectivity index (χ0n) is 2.82. The normalized spacial score (nSPS) is 6.80. The number of carbonyl (C=O) groups excluding carboxylic acids is 1. The molecule has 30 valence electrons. The molecule has 0 radical (unpaired) electrons. The molecule has 0 saturated heterocycles. The van der Waals surface area contributed by atoms with Crippen LogP contribution in [0.2, 0.25) is 0 Å². The van der Waals surface area contributed by atoms with Gasteiger partial charge in [-0.2, -0.15) is 0 Å². The summed E-state index contributed by atoms with van der Waals surface area (Å²) >= 11 is 0. The Morgan fingerprint density at radius 3 is 2.20 bits per heavy atom. The molecule has 0 fully saturated rings. The van der Waals surface area contributed by atoms with Gasteiger partial charge in [0, 0.05) is 6.92 Å². The highest BCUT2D eigenvalue weighted by Crippen LogP contribution is 1.66. The average molecular weight is 74.1 g/mol. The van der Waals surface area contributed by atoms with Gasteiger partial charge in [-0.3, -0.25) is 4.79 Å². The maximum atomic E-state index is 9.40. The topological polar surface area (TPSA) is 50.1 Å². The molecule has 0 saturated carbocycles.